The minimum Gasteiger partial charge on any atom is -0.456 e. The van der Waals surface area contributed by atoms with Crippen molar-refractivity contribution in [1.29, 1.82) is 0 Å². The molecule has 0 spiro atoms. The molecule has 0 radical (unpaired) electrons. The van der Waals surface area contributed by atoms with Crippen LogP contribution in [-0.2, 0) is 0 Å². The lowest BCUT2D eigenvalue weighted by Gasteiger charge is -2.15. The van der Waals surface area contributed by atoms with Gasteiger partial charge in [-0.25, -0.2) is 9.97 Å². The molecule has 11 aromatic carbocycles. The number of hydrogen-bond acceptors (Lipinski definition) is 3. The highest BCUT2D eigenvalue weighted by Gasteiger charge is 2.16. The molecule has 0 saturated carbocycles. The van der Waals surface area contributed by atoms with Crippen LogP contribution < -0.4 is 0 Å². The molecule has 3 nitrogen and oxygen atoms in total. The molecule has 0 amide bonds. The number of benzene rings is 11. The third kappa shape index (κ3) is 6.36. The molecule has 302 valence electrons. The van der Waals surface area contributed by atoms with E-state index in [1.54, 1.807) is 0 Å². The summed E-state index contributed by atoms with van der Waals surface area (Å²) >= 11 is 0. The topological polar surface area (TPSA) is 38.9 Å². The van der Waals surface area contributed by atoms with Crippen molar-refractivity contribution in [2.75, 3.05) is 0 Å². The van der Waals surface area contributed by atoms with Gasteiger partial charge in [-0.3, -0.25) is 0 Å². The summed E-state index contributed by atoms with van der Waals surface area (Å²) in [6, 6.07) is 82.5. The molecule has 0 bridgehead atoms. The Bertz CT molecular complexity index is 3980. The molecule has 65 heavy (non-hydrogen) atoms. The van der Waals surface area contributed by atoms with Crippen LogP contribution in [0.15, 0.2) is 235 Å². The summed E-state index contributed by atoms with van der Waals surface area (Å²) in [5.41, 5.74) is 13.7. The molecule has 0 aliphatic rings. The van der Waals surface area contributed by atoms with Crippen LogP contribution >= 0.6 is 0 Å². The van der Waals surface area contributed by atoms with Crippen molar-refractivity contribution in [2.24, 2.45) is 0 Å². The predicted octanol–water partition coefficient (Wildman–Crippen LogP) is 17.0. The molecule has 3 heteroatoms. The summed E-state index contributed by atoms with van der Waals surface area (Å²) in [7, 11) is 0. The Morgan fingerprint density at radius 1 is 0.246 bits per heavy atom. The Morgan fingerprint density at radius 2 is 0.738 bits per heavy atom. The maximum absolute atomic E-state index is 6.15. The summed E-state index contributed by atoms with van der Waals surface area (Å²) in [5.74, 6) is 0.688. The smallest absolute Gasteiger partial charge is 0.160 e. The molecule has 0 aliphatic heterocycles. The molecule has 2 heterocycles. The van der Waals surface area contributed by atoms with E-state index in [9.17, 15) is 0 Å². The van der Waals surface area contributed by atoms with E-state index < -0.39 is 0 Å². The quantitative estimate of drug-likeness (QED) is 0.124. The fourth-order valence-electron chi connectivity index (χ4n) is 9.82. The highest BCUT2D eigenvalue weighted by molar-refractivity contribution is 6.17. The molecule has 0 saturated heterocycles. The summed E-state index contributed by atoms with van der Waals surface area (Å²) < 4.78 is 6.15. The van der Waals surface area contributed by atoms with E-state index in [1.807, 2.05) is 36.4 Å². The first-order valence-electron chi connectivity index (χ1n) is 22.1. The van der Waals surface area contributed by atoms with Crippen molar-refractivity contribution in [3.05, 3.63) is 231 Å². The van der Waals surface area contributed by atoms with Gasteiger partial charge in [-0.1, -0.05) is 182 Å². The SMILES string of the molecule is c1ccc(-c2nc(-c3ccc(-c4ccc(-c5ccc(-c6cc7ccccc7c7cc8ccccc8cc67)cc5)c5ccccc45)cc3)cc(-c3ccc4oc5ccccc5c4c3)n2)cc1. The van der Waals surface area contributed by atoms with Crippen molar-refractivity contribution in [1.82, 2.24) is 9.97 Å². The molecule has 0 atom stereocenters. The maximum Gasteiger partial charge on any atom is 0.160 e. The molecule has 2 aromatic heterocycles. The zero-order chi connectivity index (χ0) is 42.8. The Kier molecular flexibility index (Phi) is 8.53. The van der Waals surface area contributed by atoms with Crippen molar-refractivity contribution < 1.29 is 4.42 Å². The van der Waals surface area contributed by atoms with E-state index in [1.165, 1.54) is 70.9 Å². The number of aromatic nitrogens is 2. The van der Waals surface area contributed by atoms with Crippen molar-refractivity contribution >= 4 is 65.0 Å². The Morgan fingerprint density at radius 3 is 1.42 bits per heavy atom. The lowest BCUT2D eigenvalue weighted by Crippen LogP contribution is -1.96. The average Bonchev–Trinajstić information content (AvgIpc) is 3.76. The van der Waals surface area contributed by atoms with Crippen LogP contribution in [0.1, 0.15) is 0 Å². The van der Waals surface area contributed by atoms with Gasteiger partial charge in [0.1, 0.15) is 11.2 Å². The standard InChI is InChI=1S/C62H38N2O/c1-2-12-43(13-3-1)62-63-58(38-59(64-62)47-30-33-61-57(37-47)53-20-10-11-21-60(53)65-61)42-28-26-40(27-29-42)50-32-31-49(51-18-8-9-19-52(50)51)39-22-24-41(25-23-39)54-36-46-16-6-7-17-48(46)55-34-44-14-4-5-15-45(44)35-56(54)55/h1-38H. The van der Waals surface area contributed by atoms with E-state index in [2.05, 4.69) is 194 Å². The summed E-state index contributed by atoms with van der Waals surface area (Å²) in [6.07, 6.45) is 0. The summed E-state index contributed by atoms with van der Waals surface area (Å²) in [4.78, 5) is 10.2. The van der Waals surface area contributed by atoms with Gasteiger partial charge in [0.25, 0.3) is 0 Å². The van der Waals surface area contributed by atoms with Gasteiger partial charge >= 0.3 is 0 Å². The number of rotatable bonds is 6. The van der Waals surface area contributed by atoms with E-state index in [4.69, 9.17) is 14.4 Å². The number of para-hydroxylation sites is 1. The number of fused-ring (bicyclic) bond motifs is 8. The van der Waals surface area contributed by atoms with Crippen LogP contribution in [-0.4, -0.2) is 9.97 Å². The summed E-state index contributed by atoms with van der Waals surface area (Å²) in [5, 5.41) is 12.2. The van der Waals surface area contributed by atoms with Crippen molar-refractivity contribution in [2.45, 2.75) is 0 Å². The van der Waals surface area contributed by atoms with Gasteiger partial charge in [0, 0.05) is 27.5 Å². The third-order valence-corrected chi connectivity index (χ3v) is 13.1. The van der Waals surface area contributed by atoms with E-state index in [0.717, 1.165) is 55.6 Å². The Labute approximate surface area is 375 Å². The minimum absolute atomic E-state index is 0.688. The van der Waals surface area contributed by atoms with E-state index in [-0.39, 0.29) is 0 Å². The predicted molar refractivity (Wildman–Crippen MR) is 272 cm³/mol. The Hall–Kier alpha value is -8.66. The third-order valence-electron chi connectivity index (χ3n) is 13.1. The second-order valence-electron chi connectivity index (χ2n) is 16.9. The highest BCUT2D eigenvalue weighted by atomic mass is 16.3. The van der Waals surface area contributed by atoms with Gasteiger partial charge < -0.3 is 4.42 Å². The van der Waals surface area contributed by atoms with Crippen LogP contribution in [0, 0.1) is 0 Å². The normalized spacial score (nSPS) is 11.7. The number of furan rings is 1. The molecule has 13 aromatic rings. The van der Waals surface area contributed by atoms with Crippen LogP contribution in [0.3, 0.4) is 0 Å². The largest absolute Gasteiger partial charge is 0.456 e. The van der Waals surface area contributed by atoms with Gasteiger partial charge in [-0.15, -0.1) is 0 Å². The van der Waals surface area contributed by atoms with Gasteiger partial charge in [0.15, 0.2) is 5.82 Å². The molecule has 0 unspecified atom stereocenters. The number of hydrogen-bond donors (Lipinski definition) is 0. The van der Waals surface area contributed by atoms with E-state index >= 15 is 0 Å². The Balaban J connectivity index is 0.859. The van der Waals surface area contributed by atoms with Crippen LogP contribution in [0.4, 0.5) is 0 Å². The second kappa shape index (κ2) is 15.0. The first-order valence-corrected chi connectivity index (χ1v) is 22.1. The lowest BCUT2D eigenvalue weighted by molar-refractivity contribution is 0.669. The molecule has 0 N–H and O–H groups in total. The average molecular weight is 827 g/mol. The van der Waals surface area contributed by atoms with Crippen LogP contribution in [0.25, 0.3) is 132 Å². The zero-order valence-corrected chi connectivity index (χ0v) is 35.2. The minimum atomic E-state index is 0.688. The monoisotopic (exact) mass is 826 g/mol. The van der Waals surface area contributed by atoms with Gasteiger partial charge in [-0.05, 0) is 125 Å². The zero-order valence-electron chi connectivity index (χ0n) is 35.2. The van der Waals surface area contributed by atoms with E-state index in [0.29, 0.717) is 5.82 Å². The molecular weight excluding hydrogens is 789 g/mol. The van der Waals surface area contributed by atoms with Gasteiger partial charge in [-0.2, -0.15) is 0 Å². The lowest BCUT2D eigenvalue weighted by atomic mass is 9.89. The van der Waals surface area contributed by atoms with Crippen molar-refractivity contribution in [3.8, 4) is 67.3 Å². The van der Waals surface area contributed by atoms with Crippen LogP contribution in [0.5, 0.6) is 0 Å². The molecule has 0 aliphatic carbocycles. The number of nitrogens with zero attached hydrogens (tertiary/aromatic N) is 2. The van der Waals surface area contributed by atoms with Gasteiger partial charge in [0.2, 0.25) is 0 Å². The fourth-order valence-corrected chi connectivity index (χ4v) is 9.82. The van der Waals surface area contributed by atoms with Crippen LogP contribution in [0.2, 0.25) is 0 Å². The molecular formula is C62H38N2O. The fraction of sp³-hybridized carbons (Fsp3) is 0. The molecule has 13 rings (SSSR count). The first-order chi connectivity index (χ1) is 32.2. The molecule has 0 fully saturated rings. The maximum atomic E-state index is 6.15. The second-order valence-corrected chi connectivity index (χ2v) is 16.9. The first kappa shape index (κ1) is 36.9. The van der Waals surface area contributed by atoms with Crippen molar-refractivity contribution in [3.63, 3.8) is 0 Å². The highest BCUT2D eigenvalue weighted by Crippen LogP contribution is 2.41. The van der Waals surface area contributed by atoms with Gasteiger partial charge in [0.05, 0.1) is 11.4 Å². The summed E-state index contributed by atoms with van der Waals surface area (Å²) in [6.45, 7) is 0.